The maximum Gasteiger partial charge on any atom is 0.401 e. The van der Waals surface area contributed by atoms with Gasteiger partial charge in [-0.05, 0) is 24.1 Å². The Balaban J connectivity index is 1.78. The lowest BCUT2D eigenvalue weighted by Crippen LogP contribution is -2.44. The van der Waals surface area contributed by atoms with Crippen LogP contribution >= 0.6 is 11.6 Å². The molecule has 1 aromatic rings. The van der Waals surface area contributed by atoms with E-state index in [9.17, 15) is 13.2 Å². The monoisotopic (exact) mass is 348 g/mol. The van der Waals surface area contributed by atoms with Gasteiger partial charge in [0.25, 0.3) is 0 Å². The van der Waals surface area contributed by atoms with Crippen molar-refractivity contribution in [3.05, 3.63) is 34.9 Å². The van der Waals surface area contributed by atoms with Gasteiger partial charge in [-0.15, -0.1) is 0 Å². The SMILES string of the molecule is CN=C(NCc1ccc(Cl)cc1)NC1CCN(CC(F)(F)F)C1. The third-order valence-corrected chi connectivity index (χ3v) is 3.86. The van der Waals surface area contributed by atoms with E-state index < -0.39 is 12.7 Å². The highest BCUT2D eigenvalue weighted by Crippen LogP contribution is 2.19. The Morgan fingerprint density at radius 1 is 1.35 bits per heavy atom. The minimum Gasteiger partial charge on any atom is -0.352 e. The molecule has 0 spiro atoms. The van der Waals surface area contributed by atoms with E-state index >= 15 is 0 Å². The molecule has 1 unspecified atom stereocenters. The van der Waals surface area contributed by atoms with E-state index in [1.807, 2.05) is 12.1 Å². The highest BCUT2D eigenvalue weighted by atomic mass is 35.5. The summed E-state index contributed by atoms with van der Waals surface area (Å²) < 4.78 is 37.2. The van der Waals surface area contributed by atoms with Gasteiger partial charge in [0.2, 0.25) is 0 Å². The van der Waals surface area contributed by atoms with Gasteiger partial charge in [-0.3, -0.25) is 9.89 Å². The topological polar surface area (TPSA) is 39.7 Å². The van der Waals surface area contributed by atoms with Crippen LogP contribution in [0.2, 0.25) is 5.02 Å². The van der Waals surface area contributed by atoms with Crippen molar-refractivity contribution in [2.75, 3.05) is 26.7 Å². The Morgan fingerprint density at radius 2 is 2.04 bits per heavy atom. The average Bonchev–Trinajstić information content (AvgIpc) is 2.90. The molecule has 0 bridgehead atoms. The zero-order valence-corrected chi connectivity index (χ0v) is 13.6. The van der Waals surface area contributed by atoms with Crippen molar-refractivity contribution in [2.45, 2.75) is 25.2 Å². The lowest BCUT2D eigenvalue weighted by Gasteiger charge is -2.19. The van der Waals surface area contributed by atoms with E-state index in [0.29, 0.717) is 37.0 Å². The van der Waals surface area contributed by atoms with Crippen LogP contribution in [0.1, 0.15) is 12.0 Å². The van der Waals surface area contributed by atoms with Crippen LogP contribution in [0.15, 0.2) is 29.3 Å². The Bertz CT molecular complexity index is 531. The third-order valence-electron chi connectivity index (χ3n) is 3.61. The molecule has 1 fully saturated rings. The van der Waals surface area contributed by atoms with Crippen LogP contribution in [0.25, 0.3) is 0 Å². The van der Waals surface area contributed by atoms with Gasteiger partial charge in [-0.2, -0.15) is 13.2 Å². The summed E-state index contributed by atoms with van der Waals surface area (Å²) in [7, 11) is 1.64. The zero-order valence-electron chi connectivity index (χ0n) is 12.8. The lowest BCUT2D eigenvalue weighted by atomic mass is 10.2. The van der Waals surface area contributed by atoms with Crippen molar-refractivity contribution in [1.82, 2.24) is 15.5 Å². The van der Waals surface area contributed by atoms with Crippen LogP contribution in [0.3, 0.4) is 0 Å². The number of likely N-dealkylation sites (tertiary alicyclic amines) is 1. The van der Waals surface area contributed by atoms with Crippen molar-refractivity contribution >= 4 is 17.6 Å². The van der Waals surface area contributed by atoms with Crippen LogP contribution in [-0.2, 0) is 6.54 Å². The molecule has 0 amide bonds. The Morgan fingerprint density at radius 3 is 2.65 bits per heavy atom. The first kappa shape index (κ1) is 17.9. The van der Waals surface area contributed by atoms with E-state index in [0.717, 1.165) is 5.56 Å². The van der Waals surface area contributed by atoms with E-state index in [-0.39, 0.29) is 6.04 Å². The number of benzene rings is 1. The van der Waals surface area contributed by atoms with Crippen LogP contribution in [-0.4, -0.2) is 49.8 Å². The summed E-state index contributed by atoms with van der Waals surface area (Å²) in [6.45, 7) is 0.504. The summed E-state index contributed by atoms with van der Waals surface area (Å²) in [6.07, 6.45) is -3.48. The first-order chi connectivity index (χ1) is 10.9. The van der Waals surface area contributed by atoms with E-state index in [2.05, 4.69) is 15.6 Å². The van der Waals surface area contributed by atoms with Crippen molar-refractivity contribution in [1.29, 1.82) is 0 Å². The number of rotatable bonds is 4. The Kier molecular flexibility index (Phi) is 6.12. The van der Waals surface area contributed by atoms with E-state index in [1.54, 1.807) is 19.2 Å². The number of alkyl halides is 3. The molecule has 23 heavy (non-hydrogen) atoms. The predicted molar refractivity (Wildman–Crippen MR) is 85.7 cm³/mol. The molecule has 1 aliphatic rings. The van der Waals surface area contributed by atoms with Crippen LogP contribution in [0, 0.1) is 0 Å². The van der Waals surface area contributed by atoms with Gasteiger partial charge >= 0.3 is 6.18 Å². The number of guanidine groups is 1. The lowest BCUT2D eigenvalue weighted by molar-refractivity contribution is -0.143. The van der Waals surface area contributed by atoms with Gasteiger partial charge in [0.15, 0.2) is 5.96 Å². The summed E-state index contributed by atoms with van der Waals surface area (Å²) in [4.78, 5) is 5.52. The third kappa shape index (κ3) is 6.27. The summed E-state index contributed by atoms with van der Waals surface area (Å²) in [5.41, 5.74) is 1.04. The number of aliphatic imine (C=N–C) groups is 1. The van der Waals surface area contributed by atoms with Gasteiger partial charge in [0, 0.05) is 37.7 Å². The van der Waals surface area contributed by atoms with Crippen molar-refractivity contribution in [3.63, 3.8) is 0 Å². The highest BCUT2D eigenvalue weighted by molar-refractivity contribution is 6.30. The average molecular weight is 349 g/mol. The number of halogens is 4. The summed E-state index contributed by atoms with van der Waals surface area (Å²) in [6, 6.07) is 7.39. The summed E-state index contributed by atoms with van der Waals surface area (Å²) >= 11 is 5.83. The largest absolute Gasteiger partial charge is 0.401 e. The number of hydrogen-bond acceptors (Lipinski definition) is 2. The molecule has 0 saturated carbocycles. The normalized spacial score (nSPS) is 19.9. The molecular formula is C15H20ClF3N4. The van der Waals surface area contributed by atoms with Crippen LogP contribution in [0.5, 0.6) is 0 Å². The number of hydrogen-bond donors (Lipinski definition) is 2. The fourth-order valence-electron chi connectivity index (χ4n) is 2.52. The summed E-state index contributed by atoms with van der Waals surface area (Å²) in [5.74, 6) is 0.582. The Labute approximate surface area is 138 Å². The molecule has 2 rings (SSSR count). The van der Waals surface area contributed by atoms with Gasteiger partial charge < -0.3 is 10.6 Å². The second-order valence-electron chi connectivity index (χ2n) is 5.53. The molecular weight excluding hydrogens is 329 g/mol. The van der Waals surface area contributed by atoms with Crippen molar-refractivity contribution in [2.24, 2.45) is 4.99 Å². The van der Waals surface area contributed by atoms with Gasteiger partial charge in [-0.1, -0.05) is 23.7 Å². The van der Waals surface area contributed by atoms with Crippen molar-refractivity contribution < 1.29 is 13.2 Å². The molecule has 1 aromatic carbocycles. The fraction of sp³-hybridized carbons (Fsp3) is 0.533. The minimum atomic E-state index is -4.15. The fourth-order valence-corrected chi connectivity index (χ4v) is 2.65. The first-order valence-electron chi connectivity index (χ1n) is 7.36. The second kappa shape index (κ2) is 7.88. The quantitative estimate of drug-likeness (QED) is 0.649. The molecule has 0 aliphatic carbocycles. The van der Waals surface area contributed by atoms with Crippen molar-refractivity contribution in [3.8, 4) is 0 Å². The van der Waals surface area contributed by atoms with E-state index in [1.165, 1.54) is 4.90 Å². The maximum atomic E-state index is 12.4. The molecule has 8 heteroatoms. The second-order valence-corrected chi connectivity index (χ2v) is 5.97. The number of nitrogens with zero attached hydrogens (tertiary/aromatic N) is 2. The summed E-state index contributed by atoms with van der Waals surface area (Å²) in [5, 5.41) is 6.99. The standard InChI is InChI=1S/C15H20ClF3N4/c1-20-14(21-8-11-2-4-12(16)5-3-11)22-13-6-7-23(9-13)10-15(17,18)19/h2-5,13H,6-10H2,1H3,(H2,20,21,22). The predicted octanol–water partition coefficient (Wildman–Crippen LogP) is 2.64. The van der Waals surface area contributed by atoms with E-state index in [4.69, 9.17) is 11.6 Å². The molecule has 1 atom stereocenters. The molecule has 1 heterocycles. The smallest absolute Gasteiger partial charge is 0.352 e. The van der Waals surface area contributed by atoms with Gasteiger partial charge in [0.05, 0.1) is 6.54 Å². The zero-order chi connectivity index (χ0) is 16.9. The Hall–Kier alpha value is -1.47. The first-order valence-corrected chi connectivity index (χ1v) is 7.74. The maximum absolute atomic E-state index is 12.4. The number of nitrogens with one attached hydrogen (secondary N) is 2. The highest BCUT2D eigenvalue weighted by Gasteiger charge is 2.34. The van der Waals surface area contributed by atoms with Crippen LogP contribution < -0.4 is 10.6 Å². The molecule has 1 aliphatic heterocycles. The molecule has 1 saturated heterocycles. The van der Waals surface area contributed by atoms with Gasteiger partial charge in [0.1, 0.15) is 0 Å². The minimum absolute atomic E-state index is 0.0335. The molecule has 2 N–H and O–H groups in total. The van der Waals surface area contributed by atoms with Crippen LogP contribution in [0.4, 0.5) is 13.2 Å². The molecule has 0 radical (unpaired) electrons. The molecule has 128 valence electrons. The van der Waals surface area contributed by atoms with Gasteiger partial charge in [-0.25, -0.2) is 0 Å². The molecule has 0 aromatic heterocycles. The molecule has 4 nitrogen and oxygen atoms in total.